The Hall–Kier alpha value is -1.93. The van der Waals surface area contributed by atoms with Crippen LogP contribution in [-0.4, -0.2) is 32.8 Å². The maximum atomic E-state index is 12.1. The van der Waals surface area contributed by atoms with Gasteiger partial charge in [0.1, 0.15) is 0 Å². The van der Waals surface area contributed by atoms with Gasteiger partial charge in [0.25, 0.3) is 0 Å². The number of rotatable bonds is 4. The summed E-state index contributed by atoms with van der Waals surface area (Å²) < 4.78 is 26.8. The molecule has 1 fully saturated rings. The predicted octanol–water partition coefficient (Wildman–Crippen LogP) is -0.658. The van der Waals surface area contributed by atoms with Gasteiger partial charge in [0.2, 0.25) is 21.8 Å². The first-order valence-electron chi connectivity index (χ1n) is 6.07. The molecule has 0 saturated carbocycles. The van der Waals surface area contributed by atoms with Gasteiger partial charge in [-0.1, -0.05) is 0 Å². The summed E-state index contributed by atoms with van der Waals surface area (Å²) >= 11 is 0. The average Bonchev–Trinajstić information content (AvgIpc) is 2.41. The van der Waals surface area contributed by atoms with Gasteiger partial charge in [0.05, 0.1) is 4.90 Å². The van der Waals surface area contributed by atoms with Crippen molar-refractivity contribution in [2.75, 3.05) is 6.54 Å². The number of sulfonamides is 1. The zero-order chi connectivity index (χ0) is 14.8. The molecule has 1 saturated heterocycles. The highest BCUT2D eigenvalue weighted by atomic mass is 32.2. The van der Waals surface area contributed by atoms with E-state index in [2.05, 4.69) is 10.0 Å². The summed E-state index contributed by atoms with van der Waals surface area (Å²) in [5.41, 5.74) is 5.34. The normalized spacial score (nSPS) is 19.4. The Bertz CT molecular complexity index is 615. The minimum absolute atomic E-state index is 0.0550. The highest BCUT2D eigenvalue weighted by Gasteiger charge is 2.24. The van der Waals surface area contributed by atoms with E-state index in [9.17, 15) is 18.0 Å². The molecule has 1 aromatic carbocycles. The number of primary amides is 1. The van der Waals surface area contributed by atoms with Gasteiger partial charge < -0.3 is 11.1 Å². The molecular weight excluding hydrogens is 282 g/mol. The molecule has 1 aliphatic rings. The van der Waals surface area contributed by atoms with Crippen LogP contribution in [0.4, 0.5) is 0 Å². The molecule has 0 aliphatic carbocycles. The molecule has 0 aromatic heterocycles. The summed E-state index contributed by atoms with van der Waals surface area (Å²) in [7, 11) is -3.67. The number of nitrogens with one attached hydrogen (secondary N) is 2. The summed E-state index contributed by atoms with van der Waals surface area (Å²) in [4.78, 5) is 22.0. The number of benzene rings is 1. The van der Waals surface area contributed by atoms with Gasteiger partial charge in [-0.15, -0.1) is 0 Å². The van der Waals surface area contributed by atoms with Crippen LogP contribution in [0.15, 0.2) is 29.2 Å². The summed E-state index contributed by atoms with van der Waals surface area (Å²) in [6.45, 7) is 0.275. The van der Waals surface area contributed by atoms with Crippen LogP contribution < -0.4 is 15.8 Å². The van der Waals surface area contributed by atoms with Crippen LogP contribution in [0.2, 0.25) is 0 Å². The number of carbonyl (C=O) groups excluding carboxylic acids is 2. The molecule has 1 aliphatic heterocycles. The monoisotopic (exact) mass is 297 g/mol. The van der Waals surface area contributed by atoms with Crippen molar-refractivity contribution in [3.05, 3.63) is 29.8 Å². The summed E-state index contributed by atoms with van der Waals surface area (Å²) in [6, 6.07) is 5.04. The third kappa shape index (κ3) is 3.34. The van der Waals surface area contributed by atoms with Crippen LogP contribution in [0.5, 0.6) is 0 Å². The average molecular weight is 297 g/mol. The van der Waals surface area contributed by atoms with Gasteiger partial charge >= 0.3 is 0 Å². The Balaban J connectivity index is 2.10. The van der Waals surface area contributed by atoms with Crippen molar-refractivity contribution in [3.8, 4) is 0 Å². The van der Waals surface area contributed by atoms with E-state index in [4.69, 9.17) is 5.73 Å². The van der Waals surface area contributed by atoms with E-state index in [1.165, 1.54) is 24.3 Å². The fourth-order valence-corrected chi connectivity index (χ4v) is 3.19. The SMILES string of the molecule is NC(=O)c1ccc(S(=O)(=O)NC2CCC(=O)NC2)cc1. The minimum Gasteiger partial charge on any atom is -0.366 e. The van der Waals surface area contributed by atoms with Gasteiger partial charge in [-0.3, -0.25) is 9.59 Å². The molecule has 0 bridgehead atoms. The van der Waals surface area contributed by atoms with E-state index in [0.29, 0.717) is 12.8 Å². The number of hydrogen-bond acceptors (Lipinski definition) is 4. The summed E-state index contributed by atoms with van der Waals surface area (Å²) in [5.74, 6) is -0.692. The Labute approximate surface area is 116 Å². The van der Waals surface area contributed by atoms with Crippen molar-refractivity contribution in [3.63, 3.8) is 0 Å². The molecular formula is C12H15N3O4S. The van der Waals surface area contributed by atoms with Crippen LogP contribution in [0, 0.1) is 0 Å². The first-order valence-corrected chi connectivity index (χ1v) is 7.56. The molecule has 0 spiro atoms. The molecule has 2 amide bonds. The van der Waals surface area contributed by atoms with Gasteiger partial charge in [0, 0.05) is 24.6 Å². The number of nitrogens with two attached hydrogens (primary N) is 1. The summed E-state index contributed by atoms with van der Waals surface area (Å²) in [5, 5.41) is 2.60. The van der Waals surface area contributed by atoms with E-state index >= 15 is 0 Å². The maximum Gasteiger partial charge on any atom is 0.248 e. The molecule has 1 aromatic rings. The standard InChI is InChI=1S/C12H15N3O4S/c13-12(17)8-1-4-10(5-2-8)20(18,19)15-9-3-6-11(16)14-7-9/h1-2,4-5,9,15H,3,6-7H2,(H2,13,17)(H,14,16). The molecule has 1 atom stereocenters. The van der Waals surface area contributed by atoms with E-state index in [1.54, 1.807) is 0 Å². The van der Waals surface area contributed by atoms with Crippen LogP contribution >= 0.6 is 0 Å². The third-order valence-corrected chi connectivity index (χ3v) is 4.57. The van der Waals surface area contributed by atoms with Gasteiger partial charge in [-0.05, 0) is 30.7 Å². The lowest BCUT2D eigenvalue weighted by Gasteiger charge is -2.23. The second-order valence-corrected chi connectivity index (χ2v) is 6.26. The third-order valence-electron chi connectivity index (χ3n) is 3.04. The molecule has 1 unspecified atom stereocenters. The topological polar surface area (TPSA) is 118 Å². The quantitative estimate of drug-likeness (QED) is 0.683. The Morgan fingerprint density at radius 2 is 1.95 bits per heavy atom. The molecule has 20 heavy (non-hydrogen) atoms. The molecule has 2 rings (SSSR count). The van der Waals surface area contributed by atoms with Crippen molar-refractivity contribution >= 4 is 21.8 Å². The number of amides is 2. The smallest absolute Gasteiger partial charge is 0.248 e. The zero-order valence-electron chi connectivity index (χ0n) is 10.6. The van der Waals surface area contributed by atoms with Gasteiger partial charge in [-0.25, -0.2) is 13.1 Å². The first kappa shape index (κ1) is 14.5. The van der Waals surface area contributed by atoms with Gasteiger partial charge in [-0.2, -0.15) is 0 Å². The molecule has 0 radical (unpaired) electrons. The summed E-state index contributed by atoms with van der Waals surface area (Å²) in [6.07, 6.45) is 0.762. The lowest BCUT2D eigenvalue weighted by molar-refractivity contribution is -0.122. The molecule has 1 heterocycles. The van der Waals surface area contributed by atoms with Crippen molar-refractivity contribution in [2.24, 2.45) is 5.73 Å². The van der Waals surface area contributed by atoms with Gasteiger partial charge in [0.15, 0.2) is 0 Å². The van der Waals surface area contributed by atoms with Crippen LogP contribution in [0.3, 0.4) is 0 Å². The van der Waals surface area contributed by atoms with Crippen molar-refractivity contribution in [1.82, 2.24) is 10.0 Å². The number of piperidine rings is 1. The zero-order valence-corrected chi connectivity index (χ0v) is 11.4. The van der Waals surface area contributed by atoms with Crippen LogP contribution in [0.25, 0.3) is 0 Å². The maximum absolute atomic E-state index is 12.1. The minimum atomic E-state index is -3.67. The fourth-order valence-electron chi connectivity index (χ4n) is 1.92. The van der Waals surface area contributed by atoms with Crippen LogP contribution in [-0.2, 0) is 14.8 Å². The van der Waals surface area contributed by atoms with E-state index < -0.39 is 15.9 Å². The Kier molecular flexibility index (Phi) is 4.05. The molecule has 8 heteroatoms. The molecule has 4 N–H and O–H groups in total. The van der Waals surface area contributed by atoms with Crippen molar-refractivity contribution in [2.45, 2.75) is 23.8 Å². The first-order chi connectivity index (χ1) is 9.38. The van der Waals surface area contributed by atoms with Crippen molar-refractivity contribution < 1.29 is 18.0 Å². The molecule has 7 nitrogen and oxygen atoms in total. The predicted molar refractivity (Wildman–Crippen MR) is 71.3 cm³/mol. The Morgan fingerprint density at radius 1 is 1.30 bits per heavy atom. The second-order valence-electron chi connectivity index (χ2n) is 4.55. The van der Waals surface area contributed by atoms with E-state index in [-0.39, 0.29) is 29.0 Å². The lowest BCUT2D eigenvalue weighted by atomic mass is 10.1. The second kappa shape index (κ2) is 5.59. The van der Waals surface area contributed by atoms with E-state index in [1.807, 2.05) is 0 Å². The fraction of sp³-hybridized carbons (Fsp3) is 0.333. The molecule has 108 valence electrons. The number of carbonyl (C=O) groups is 2. The highest BCUT2D eigenvalue weighted by Crippen LogP contribution is 2.13. The Morgan fingerprint density at radius 3 is 2.45 bits per heavy atom. The lowest BCUT2D eigenvalue weighted by Crippen LogP contribution is -2.47. The number of hydrogen-bond donors (Lipinski definition) is 3. The van der Waals surface area contributed by atoms with Crippen LogP contribution in [0.1, 0.15) is 23.2 Å². The van der Waals surface area contributed by atoms with Crippen molar-refractivity contribution in [1.29, 1.82) is 0 Å². The highest BCUT2D eigenvalue weighted by molar-refractivity contribution is 7.89. The van der Waals surface area contributed by atoms with E-state index in [0.717, 1.165) is 0 Å². The largest absolute Gasteiger partial charge is 0.366 e.